The van der Waals surface area contributed by atoms with Crippen molar-refractivity contribution in [1.82, 2.24) is 5.32 Å². The van der Waals surface area contributed by atoms with E-state index < -0.39 is 8.32 Å². The third kappa shape index (κ3) is 3.48. The molecule has 174 valence electrons. The lowest BCUT2D eigenvalue weighted by atomic mass is 9.45. The van der Waals surface area contributed by atoms with Crippen molar-refractivity contribution in [2.45, 2.75) is 124 Å². The SMILES string of the molecule is CC1CC2NCCC[C@]2(C)[C@H]2CC[C@]3(C)[C@@H](C(C)O[Si](C)(C)C(C)(C)C)CC[C@H]3[C@H]12. The maximum Gasteiger partial charge on any atom is 0.192 e. The van der Waals surface area contributed by atoms with Crippen LogP contribution >= 0.6 is 0 Å². The van der Waals surface area contributed by atoms with Crippen molar-refractivity contribution in [1.29, 1.82) is 0 Å². The molecule has 4 aliphatic rings. The molecule has 3 unspecified atom stereocenters. The van der Waals surface area contributed by atoms with Gasteiger partial charge in [-0.05, 0) is 117 Å². The van der Waals surface area contributed by atoms with Crippen molar-refractivity contribution in [2.24, 2.45) is 40.4 Å². The van der Waals surface area contributed by atoms with Gasteiger partial charge in [0.05, 0.1) is 0 Å². The van der Waals surface area contributed by atoms with Gasteiger partial charge in [-0.25, -0.2) is 0 Å². The van der Waals surface area contributed by atoms with Crippen LogP contribution in [0.5, 0.6) is 0 Å². The lowest BCUT2D eigenvalue weighted by molar-refractivity contribution is -0.124. The van der Waals surface area contributed by atoms with E-state index >= 15 is 0 Å². The molecular formula is C27H51NOSi. The predicted octanol–water partition coefficient (Wildman–Crippen LogP) is 7.25. The minimum atomic E-state index is -1.72. The van der Waals surface area contributed by atoms with Gasteiger partial charge in [0, 0.05) is 12.1 Å². The standard InChI is InChI=1S/C27H51NOSi/c1-18-17-23-27(7,14-10-16-28-23)22-13-15-26(6)20(11-12-21(26)24(18)22)19(2)29-30(8,9)25(3,4)5/h18-24,28H,10-17H2,1-9H3/t18?,19?,20-,21+,22+,23?,24+,26-,27-/m1/s1. The van der Waals surface area contributed by atoms with Gasteiger partial charge >= 0.3 is 0 Å². The molecule has 30 heavy (non-hydrogen) atoms. The molecule has 0 amide bonds. The smallest absolute Gasteiger partial charge is 0.192 e. The Kier molecular flexibility index (Phi) is 5.89. The lowest BCUT2D eigenvalue weighted by Crippen LogP contribution is -2.62. The van der Waals surface area contributed by atoms with E-state index in [0.29, 0.717) is 22.0 Å². The van der Waals surface area contributed by atoms with Crippen LogP contribution in [-0.4, -0.2) is 27.0 Å². The summed E-state index contributed by atoms with van der Waals surface area (Å²) < 4.78 is 7.00. The summed E-state index contributed by atoms with van der Waals surface area (Å²) in [4.78, 5) is 0. The molecule has 1 aliphatic heterocycles. The summed E-state index contributed by atoms with van der Waals surface area (Å²) >= 11 is 0. The molecule has 0 aromatic heterocycles. The molecule has 4 rings (SSSR count). The number of fused-ring (bicyclic) bond motifs is 5. The van der Waals surface area contributed by atoms with Crippen LogP contribution < -0.4 is 5.32 Å². The van der Waals surface area contributed by atoms with Gasteiger partial charge in [-0.1, -0.05) is 41.5 Å². The van der Waals surface area contributed by atoms with Crippen molar-refractivity contribution in [3.63, 3.8) is 0 Å². The number of rotatable bonds is 3. The average Bonchev–Trinajstić information content (AvgIpc) is 2.98. The Labute approximate surface area is 188 Å². The quantitative estimate of drug-likeness (QED) is 0.473. The van der Waals surface area contributed by atoms with Gasteiger partial charge < -0.3 is 9.74 Å². The van der Waals surface area contributed by atoms with Crippen LogP contribution in [0.1, 0.15) is 93.4 Å². The van der Waals surface area contributed by atoms with E-state index in [1.165, 1.54) is 51.5 Å². The molecule has 3 saturated carbocycles. The van der Waals surface area contributed by atoms with E-state index in [4.69, 9.17) is 4.43 Å². The maximum atomic E-state index is 7.00. The highest BCUT2D eigenvalue weighted by Crippen LogP contribution is 2.67. The van der Waals surface area contributed by atoms with E-state index in [2.05, 4.69) is 66.9 Å². The number of nitrogens with one attached hydrogen (secondary N) is 1. The molecule has 0 spiro atoms. The Balaban J connectivity index is 1.56. The summed E-state index contributed by atoms with van der Waals surface area (Å²) in [6.07, 6.45) is 10.4. The minimum absolute atomic E-state index is 0.299. The van der Waals surface area contributed by atoms with Crippen molar-refractivity contribution < 1.29 is 4.43 Å². The first-order valence-electron chi connectivity index (χ1n) is 13.2. The van der Waals surface area contributed by atoms with Crippen molar-refractivity contribution in [3.8, 4) is 0 Å². The largest absolute Gasteiger partial charge is 0.414 e. The van der Waals surface area contributed by atoms with Crippen molar-refractivity contribution in [3.05, 3.63) is 0 Å². The molecule has 0 bridgehead atoms. The zero-order chi connectivity index (χ0) is 22.1. The van der Waals surface area contributed by atoms with Gasteiger partial charge in [-0.3, -0.25) is 0 Å². The summed E-state index contributed by atoms with van der Waals surface area (Å²) in [5, 5.41) is 4.24. The van der Waals surface area contributed by atoms with Gasteiger partial charge in [0.25, 0.3) is 0 Å². The number of piperidine rings is 1. The fraction of sp³-hybridized carbons (Fsp3) is 1.00. The van der Waals surface area contributed by atoms with Crippen molar-refractivity contribution in [2.75, 3.05) is 6.54 Å². The van der Waals surface area contributed by atoms with Crippen LogP contribution in [-0.2, 0) is 4.43 Å². The van der Waals surface area contributed by atoms with E-state index in [1.807, 2.05) is 0 Å². The van der Waals surface area contributed by atoms with Crippen LogP contribution in [0.3, 0.4) is 0 Å². The second-order valence-corrected chi connectivity index (χ2v) is 18.7. The molecule has 9 atom stereocenters. The zero-order valence-corrected chi connectivity index (χ0v) is 22.6. The Bertz CT molecular complexity index is 641. The molecule has 0 aromatic carbocycles. The molecule has 1 N–H and O–H groups in total. The first-order valence-corrected chi connectivity index (χ1v) is 16.1. The molecule has 3 aliphatic carbocycles. The van der Waals surface area contributed by atoms with Gasteiger partial charge in [0.2, 0.25) is 0 Å². The predicted molar refractivity (Wildman–Crippen MR) is 131 cm³/mol. The van der Waals surface area contributed by atoms with Crippen LogP contribution in [0.4, 0.5) is 0 Å². The Morgan fingerprint density at radius 1 is 1.00 bits per heavy atom. The highest BCUT2D eigenvalue weighted by atomic mass is 28.4. The monoisotopic (exact) mass is 433 g/mol. The van der Waals surface area contributed by atoms with Gasteiger partial charge in [-0.2, -0.15) is 0 Å². The summed E-state index contributed by atoms with van der Waals surface area (Å²) in [6.45, 7) is 23.6. The van der Waals surface area contributed by atoms with Crippen molar-refractivity contribution >= 4 is 8.32 Å². The van der Waals surface area contributed by atoms with E-state index in [0.717, 1.165) is 35.6 Å². The van der Waals surface area contributed by atoms with E-state index in [-0.39, 0.29) is 0 Å². The van der Waals surface area contributed by atoms with E-state index in [9.17, 15) is 0 Å². The molecule has 2 nitrogen and oxygen atoms in total. The number of hydrogen-bond donors (Lipinski definition) is 1. The summed E-state index contributed by atoms with van der Waals surface area (Å²) in [6, 6.07) is 0.768. The fourth-order valence-corrected chi connectivity index (χ4v) is 10.2. The first kappa shape index (κ1) is 23.3. The van der Waals surface area contributed by atoms with Crippen LogP contribution in [0.25, 0.3) is 0 Å². The molecular weight excluding hydrogens is 382 g/mol. The highest BCUT2D eigenvalue weighted by molar-refractivity contribution is 6.74. The third-order valence-electron chi connectivity index (χ3n) is 11.4. The summed E-state index contributed by atoms with van der Waals surface area (Å²) in [5.74, 6) is 4.42. The molecule has 3 heteroatoms. The van der Waals surface area contributed by atoms with Crippen LogP contribution in [0, 0.1) is 40.4 Å². The Hall–Kier alpha value is 0.137. The summed E-state index contributed by atoms with van der Waals surface area (Å²) in [7, 11) is -1.72. The lowest BCUT2D eigenvalue weighted by Gasteiger charge is -2.62. The highest BCUT2D eigenvalue weighted by Gasteiger charge is 2.62. The summed E-state index contributed by atoms with van der Waals surface area (Å²) in [5.41, 5.74) is 1.03. The molecule has 1 heterocycles. The second kappa shape index (κ2) is 7.59. The Morgan fingerprint density at radius 2 is 1.67 bits per heavy atom. The molecule has 0 radical (unpaired) electrons. The Morgan fingerprint density at radius 3 is 2.33 bits per heavy atom. The van der Waals surface area contributed by atoms with Gasteiger partial charge in [-0.15, -0.1) is 0 Å². The van der Waals surface area contributed by atoms with Gasteiger partial charge in [0.1, 0.15) is 0 Å². The third-order valence-corrected chi connectivity index (χ3v) is 16.0. The zero-order valence-electron chi connectivity index (χ0n) is 21.6. The molecule has 1 saturated heterocycles. The second-order valence-electron chi connectivity index (χ2n) is 13.9. The van der Waals surface area contributed by atoms with E-state index in [1.54, 1.807) is 0 Å². The van der Waals surface area contributed by atoms with Crippen LogP contribution in [0.15, 0.2) is 0 Å². The molecule has 0 aromatic rings. The average molecular weight is 434 g/mol. The number of hydrogen-bond acceptors (Lipinski definition) is 2. The van der Waals surface area contributed by atoms with Gasteiger partial charge in [0.15, 0.2) is 8.32 Å². The van der Waals surface area contributed by atoms with Crippen LogP contribution in [0.2, 0.25) is 18.1 Å². The fourth-order valence-electron chi connectivity index (χ4n) is 8.77. The maximum absolute atomic E-state index is 7.00. The topological polar surface area (TPSA) is 21.3 Å². The minimum Gasteiger partial charge on any atom is -0.414 e. The first-order chi connectivity index (χ1) is 13.8. The molecule has 4 fully saturated rings. The normalized spacial score (nSPS) is 47.9.